The minimum absolute atomic E-state index is 0.0737. The number of nitrogens with one attached hydrogen (secondary N) is 1. The van der Waals surface area contributed by atoms with Crippen molar-refractivity contribution in [1.29, 1.82) is 0 Å². The number of aromatic nitrogens is 1. The van der Waals surface area contributed by atoms with Crippen molar-refractivity contribution in [2.24, 2.45) is 0 Å². The molecule has 100 valence electrons. The van der Waals surface area contributed by atoms with E-state index in [0.29, 0.717) is 18.5 Å². The first-order chi connectivity index (χ1) is 9.09. The van der Waals surface area contributed by atoms with E-state index in [-0.39, 0.29) is 12.3 Å². The van der Waals surface area contributed by atoms with Gasteiger partial charge in [-0.2, -0.15) is 0 Å². The number of hydrogen-bond acceptors (Lipinski definition) is 2. The number of benzene rings is 1. The van der Waals surface area contributed by atoms with E-state index in [2.05, 4.69) is 4.98 Å². The Morgan fingerprint density at radius 1 is 1.32 bits per heavy atom. The summed E-state index contributed by atoms with van der Waals surface area (Å²) in [4.78, 5) is 27.4. The van der Waals surface area contributed by atoms with Crippen molar-refractivity contribution in [3.8, 4) is 0 Å². The number of para-hydroxylation sites is 1. The maximum atomic E-state index is 12.3. The summed E-state index contributed by atoms with van der Waals surface area (Å²) in [6.07, 6.45) is 2.33. The number of aliphatic carboxylic acids is 1. The van der Waals surface area contributed by atoms with Crippen LogP contribution in [0.2, 0.25) is 0 Å². The lowest BCUT2D eigenvalue weighted by Crippen LogP contribution is -2.28. The average molecular weight is 260 g/mol. The van der Waals surface area contributed by atoms with E-state index in [9.17, 15) is 9.59 Å². The van der Waals surface area contributed by atoms with Crippen LogP contribution in [-0.2, 0) is 4.79 Å². The van der Waals surface area contributed by atoms with Crippen LogP contribution in [0.1, 0.15) is 23.2 Å². The molecule has 19 heavy (non-hydrogen) atoms. The molecule has 0 unspecified atom stereocenters. The normalized spacial score (nSPS) is 10.6. The van der Waals surface area contributed by atoms with Gasteiger partial charge in [0.15, 0.2) is 0 Å². The molecule has 0 spiro atoms. The second-order valence-corrected chi connectivity index (χ2v) is 4.47. The third-order valence-electron chi connectivity index (χ3n) is 3.05. The van der Waals surface area contributed by atoms with Crippen molar-refractivity contribution >= 4 is 22.8 Å². The summed E-state index contributed by atoms with van der Waals surface area (Å²) in [5.41, 5.74) is 1.43. The Kier molecular flexibility index (Phi) is 3.85. The van der Waals surface area contributed by atoms with Crippen molar-refractivity contribution in [2.45, 2.75) is 12.8 Å². The minimum Gasteiger partial charge on any atom is -0.481 e. The van der Waals surface area contributed by atoms with Crippen molar-refractivity contribution in [3.05, 3.63) is 36.0 Å². The van der Waals surface area contributed by atoms with Gasteiger partial charge < -0.3 is 15.0 Å². The standard InChI is InChI=1S/C14H16N2O3/c1-16(9-3-6-12(17)18)14(19)11-5-2-4-10-7-8-15-13(10)11/h2,4-5,7-8,15H,3,6,9H2,1H3,(H,17,18). The number of aromatic amines is 1. The molecule has 0 fully saturated rings. The van der Waals surface area contributed by atoms with Crippen molar-refractivity contribution < 1.29 is 14.7 Å². The topological polar surface area (TPSA) is 73.4 Å². The van der Waals surface area contributed by atoms with Crippen molar-refractivity contribution in [1.82, 2.24) is 9.88 Å². The summed E-state index contributed by atoms with van der Waals surface area (Å²) >= 11 is 0. The van der Waals surface area contributed by atoms with Gasteiger partial charge in [-0.15, -0.1) is 0 Å². The Morgan fingerprint density at radius 3 is 2.84 bits per heavy atom. The van der Waals surface area contributed by atoms with Gasteiger partial charge in [0.25, 0.3) is 5.91 Å². The molecular formula is C14H16N2O3. The highest BCUT2D eigenvalue weighted by Crippen LogP contribution is 2.18. The van der Waals surface area contributed by atoms with Crippen LogP contribution < -0.4 is 0 Å². The Bertz CT molecular complexity index is 604. The quantitative estimate of drug-likeness (QED) is 0.864. The molecule has 1 aromatic heterocycles. The molecular weight excluding hydrogens is 244 g/mol. The fourth-order valence-electron chi connectivity index (χ4n) is 2.04. The summed E-state index contributed by atoms with van der Waals surface area (Å²) in [6, 6.07) is 7.47. The Labute approximate surface area is 110 Å². The maximum absolute atomic E-state index is 12.3. The van der Waals surface area contributed by atoms with Crippen LogP contribution in [0, 0.1) is 0 Å². The zero-order chi connectivity index (χ0) is 13.8. The van der Waals surface area contributed by atoms with Gasteiger partial charge in [-0.05, 0) is 18.6 Å². The predicted octanol–water partition coefficient (Wildman–Crippen LogP) is 2.10. The molecule has 2 N–H and O–H groups in total. The molecule has 2 aromatic rings. The molecule has 1 heterocycles. The summed E-state index contributed by atoms with van der Waals surface area (Å²) in [7, 11) is 1.69. The van der Waals surface area contributed by atoms with Gasteiger partial charge in [0.2, 0.25) is 0 Å². The van der Waals surface area contributed by atoms with Gasteiger partial charge in [-0.25, -0.2) is 0 Å². The van der Waals surface area contributed by atoms with E-state index in [1.807, 2.05) is 18.2 Å². The molecule has 0 aliphatic rings. The van der Waals surface area contributed by atoms with E-state index < -0.39 is 5.97 Å². The lowest BCUT2D eigenvalue weighted by atomic mass is 10.1. The van der Waals surface area contributed by atoms with Crippen LogP contribution in [0.15, 0.2) is 30.5 Å². The fourth-order valence-corrected chi connectivity index (χ4v) is 2.04. The second-order valence-electron chi connectivity index (χ2n) is 4.47. The first kappa shape index (κ1) is 13.1. The molecule has 0 saturated carbocycles. The molecule has 0 radical (unpaired) electrons. The number of nitrogens with zero attached hydrogens (tertiary/aromatic N) is 1. The summed E-state index contributed by atoms with van der Waals surface area (Å²) in [6.45, 7) is 0.433. The number of fused-ring (bicyclic) bond motifs is 1. The van der Waals surface area contributed by atoms with Crippen molar-refractivity contribution in [3.63, 3.8) is 0 Å². The van der Waals surface area contributed by atoms with Gasteiger partial charge >= 0.3 is 5.97 Å². The lowest BCUT2D eigenvalue weighted by molar-refractivity contribution is -0.137. The molecule has 5 nitrogen and oxygen atoms in total. The van der Waals surface area contributed by atoms with Gasteiger partial charge in [0.05, 0.1) is 11.1 Å². The number of carbonyl (C=O) groups excluding carboxylic acids is 1. The first-order valence-corrected chi connectivity index (χ1v) is 6.13. The van der Waals surface area contributed by atoms with Crippen LogP contribution in [0.4, 0.5) is 0 Å². The molecule has 0 aliphatic carbocycles. The molecule has 1 amide bonds. The van der Waals surface area contributed by atoms with Crippen LogP contribution >= 0.6 is 0 Å². The Morgan fingerprint density at radius 2 is 2.11 bits per heavy atom. The second kappa shape index (κ2) is 5.56. The molecule has 0 aliphatic heterocycles. The zero-order valence-corrected chi connectivity index (χ0v) is 10.7. The van der Waals surface area contributed by atoms with E-state index in [4.69, 9.17) is 5.11 Å². The molecule has 1 aromatic carbocycles. The van der Waals surface area contributed by atoms with E-state index in [1.165, 1.54) is 0 Å². The molecule has 0 atom stereocenters. The Hall–Kier alpha value is -2.30. The number of rotatable bonds is 5. The maximum Gasteiger partial charge on any atom is 0.303 e. The van der Waals surface area contributed by atoms with E-state index in [1.54, 1.807) is 24.2 Å². The van der Waals surface area contributed by atoms with Crippen LogP contribution in [-0.4, -0.2) is 40.5 Å². The highest BCUT2D eigenvalue weighted by molar-refractivity contribution is 6.05. The number of carbonyl (C=O) groups is 2. The van der Waals surface area contributed by atoms with Crippen LogP contribution in [0.3, 0.4) is 0 Å². The monoisotopic (exact) mass is 260 g/mol. The van der Waals surface area contributed by atoms with E-state index in [0.717, 1.165) is 10.9 Å². The number of carboxylic acid groups (broad SMARTS) is 1. The van der Waals surface area contributed by atoms with Gasteiger partial charge in [-0.1, -0.05) is 12.1 Å². The minimum atomic E-state index is -0.840. The largest absolute Gasteiger partial charge is 0.481 e. The number of hydrogen-bond donors (Lipinski definition) is 2. The first-order valence-electron chi connectivity index (χ1n) is 6.13. The molecule has 0 saturated heterocycles. The van der Waals surface area contributed by atoms with Gasteiger partial charge in [0, 0.05) is 31.6 Å². The third-order valence-corrected chi connectivity index (χ3v) is 3.05. The highest BCUT2D eigenvalue weighted by atomic mass is 16.4. The molecule has 2 rings (SSSR count). The number of carboxylic acids is 1. The Balaban J connectivity index is 2.10. The smallest absolute Gasteiger partial charge is 0.303 e. The predicted molar refractivity (Wildman–Crippen MR) is 72.1 cm³/mol. The highest BCUT2D eigenvalue weighted by Gasteiger charge is 2.15. The summed E-state index contributed by atoms with van der Waals surface area (Å²) < 4.78 is 0. The third kappa shape index (κ3) is 2.93. The summed E-state index contributed by atoms with van der Waals surface area (Å²) in [5, 5.41) is 9.58. The molecule has 5 heteroatoms. The van der Waals surface area contributed by atoms with Crippen molar-refractivity contribution in [2.75, 3.05) is 13.6 Å². The van der Waals surface area contributed by atoms with Crippen LogP contribution in [0.25, 0.3) is 10.9 Å². The SMILES string of the molecule is CN(CCCC(=O)O)C(=O)c1cccc2cc[nH]c12. The number of H-pyrrole nitrogens is 1. The zero-order valence-electron chi connectivity index (χ0n) is 10.7. The summed E-state index contributed by atoms with van der Waals surface area (Å²) in [5.74, 6) is -0.939. The van der Waals surface area contributed by atoms with Gasteiger partial charge in [-0.3, -0.25) is 9.59 Å². The average Bonchev–Trinajstić information content (AvgIpc) is 2.85. The van der Waals surface area contributed by atoms with Gasteiger partial charge in [0.1, 0.15) is 0 Å². The van der Waals surface area contributed by atoms with E-state index >= 15 is 0 Å². The fraction of sp³-hybridized carbons (Fsp3) is 0.286. The van der Waals surface area contributed by atoms with Crippen LogP contribution in [0.5, 0.6) is 0 Å². The molecule has 0 bridgehead atoms. The number of amides is 1. The lowest BCUT2D eigenvalue weighted by Gasteiger charge is -2.17.